The molecule has 0 bridgehead atoms. The van der Waals surface area contributed by atoms with Gasteiger partial charge in [-0.3, -0.25) is 4.79 Å². The molecule has 38 heavy (non-hydrogen) atoms. The molecule has 0 aliphatic heterocycles. The molecule has 0 amide bonds. The molecule has 6 heteroatoms. The highest BCUT2D eigenvalue weighted by Crippen LogP contribution is 2.40. The first-order chi connectivity index (χ1) is 18.5. The second kappa shape index (κ2) is 16.0. The smallest absolute Gasteiger partial charge is 0.334 e. The van der Waals surface area contributed by atoms with Gasteiger partial charge in [0.1, 0.15) is 0 Å². The number of aliphatic hydroxyl groups is 1. The maximum absolute atomic E-state index is 11.7. The third-order valence-corrected chi connectivity index (χ3v) is 8.04. The predicted octanol–water partition coefficient (Wildman–Crippen LogP) is 7.17. The van der Waals surface area contributed by atoms with E-state index in [1.165, 1.54) is 48.6 Å². The molecular formula is C32H38O5S. The number of rotatable bonds is 17. The summed E-state index contributed by atoms with van der Waals surface area (Å²) in [4.78, 5) is 22.7. The molecule has 0 saturated heterocycles. The summed E-state index contributed by atoms with van der Waals surface area (Å²) in [6.07, 6.45) is 7.47. The summed E-state index contributed by atoms with van der Waals surface area (Å²) in [5.74, 6) is -2.05. The van der Waals surface area contributed by atoms with Crippen molar-refractivity contribution in [1.29, 1.82) is 0 Å². The lowest BCUT2D eigenvalue weighted by atomic mass is 9.90. The largest absolute Gasteiger partial charge is 0.481 e. The van der Waals surface area contributed by atoms with E-state index in [1.807, 2.05) is 42.5 Å². The average Bonchev–Trinajstić information content (AvgIpc) is 2.93. The molecule has 2 unspecified atom stereocenters. The Bertz CT molecular complexity index is 1150. The van der Waals surface area contributed by atoms with Crippen LogP contribution >= 0.6 is 11.8 Å². The quantitative estimate of drug-likeness (QED) is 0.159. The zero-order valence-electron chi connectivity index (χ0n) is 21.8. The van der Waals surface area contributed by atoms with Crippen molar-refractivity contribution in [3.8, 4) is 11.1 Å². The number of benzene rings is 3. The minimum Gasteiger partial charge on any atom is -0.481 e. The molecule has 0 saturated carbocycles. The van der Waals surface area contributed by atoms with Crippen LogP contribution < -0.4 is 0 Å². The second-order valence-electron chi connectivity index (χ2n) is 9.57. The predicted molar refractivity (Wildman–Crippen MR) is 155 cm³/mol. The summed E-state index contributed by atoms with van der Waals surface area (Å²) in [6, 6.07) is 26.3. The van der Waals surface area contributed by atoms with Crippen LogP contribution in [0.15, 0.2) is 78.9 Å². The van der Waals surface area contributed by atoms with Crippen molar-refractivity contribution < 1.29 is 24.9 Å². The van der Waals surface area contributed by atoms with E-state index in [-0.39, 0.29) is 12.2 Å². The van der Waals surface area contributed by atoms with E-state index in [4.69, 9.17) is 5.11 Å². The normalized spacial score (nSPS) is 12.7. The van der Waals surface area contributed by atoms with Crippen LogP contribution in [0.5, 0.6) is 0 Å². The Labute approximate surface area is 229 Å². The van der Waals surface area contributed by atoms with Crippen molar-refractivity contribution in [1.82, 2.24) is 0 Å². The van der Waals surface area contributed by atoms with Gasteiger partial charge >= 0.3 is 11.9 Å². The Morgan fingerprint density at radius 3 is 1.95 bits per heavy atom. The van der Waals surface area contributed by atoms with Crippen LogP contribution in [0, 0.1) is 0 Å². The van der Waals surface area contributed by atoms with Crippen molar-refractivity contribution in [2.75, 3.05) is 5.75 Å². The zero-order chi connectivity index (χ0) is 27.2. The second-order valence-corrected chi connectivity index (χ2v) is 10.8. The average molecular weight is 535 g/mol. The summed E-state index contributed by atoms with van der Waals surface area (Å²) >= 11 is 1.17. The van der Waals surface area contributed by atoms with Crippen LogP contribution in [-0.2, 0) is 22.4 Å². The molecule has 0 heterocycles. The van der Waals surface area contributed by atoms with Gasteiger partial charge in [0, 0.05) is 5.75 Å². The van der Waals surface area contributed by atoms with E-state index >= 15 is 0 Å². The Hall–Kier alpha value is -3.09. The number of carboxylic acids is 2. The molecule has 0 radical (unpaired) electrons. The minimum absolute atomic E-state index is 0.0987. The van der Waals surface area contributed by atoms with E-state index in [9.17, 15) is 19.8 Å². The van der Waals surface area contributed by atoms with E-state index in [1.54, 1.807) is 0 Å². The molecule has 5 nitrogen and oxygen atoms in total. The Morgan fingerprint density at radius 1 is 0.684 bits per heavy atom. The van der Waals surface area contributed by atoms with Crippen molar-refractivity contribution in [2.24, 2.45) is 0 Å². The number of aliphatic carboxylic acids is 2. The fourth-order valence-electron chi connectivity index (χ4n) is 4.74. The summed E-state index contributed by atoms with van der Waals surface area (Å²) < 4.78 is 0. The molecule has 0 spiro atoms. The van der Waals surface area contributed by atoms with Gasteiger partial charge in [-0.25, -0.2) is 4.79 Å². The van der Waals surface area contributed by atoms with Gasteiger partial charge in [0.2, 0.25) is 0 Å². The number of unbranched alkanes of at least 4 members (excludes halogenated alkanes) is 5. The number of thioether (sulfide) groups is 1. The Kier molecular flexibility index (Phi) is 12.4. The van der Waals surface area contributed by atoms with Gasteiger partial charge < -0.3 is 15.3 Å². The van der Waals surface area contributed by atoms with E-state index in [0.717, 1.165) is 36.8 Å². The highest BCUT2D eigenvalue weighted by atomic mass is 32.2. The summed E-state index contributed by atoms with van der Waals surface area (Å²) in [6.45, 7) is 0. The molecular weight excluding hydrogens is 496 g/mol. The maximum Gasteiger partial charge on any atom is 0.334 e. The number of aliphatic hydroxyl groups excluding tert-OH is 1. The van der Waals surface area contributed by atoms with Gasteiger partial charge in [0.15, 0.2) is 6.10 Å². The third-order valence-electron chi connectivity index (χ3n) is 6.73. The van der Waals surface area contributed by atoms with Crippen molar-refractivity contribution >= 4 is 23.7 Å². The summed E-state index contributed by atoms with van der Waals surface area (Å²) in [7, 11) is 0. The number of carboxylic acid groups (broad SMARTS) is 2. The van der Waals surface area contributed by atoms with Crippen LogP contribution in [0.3, 0.4) is 0 Å². The maximum atomic E-state index is 11.7. The molecule has 3 N–H and O–H groups in total. The fraction of sp³-hybridized carbons (Fsp3) is 0.375. The van der Waals surface area contributed by atoms with Gasteiger partial charge in [0.25, 0.3) is 0 Å². The molecule has 2 atom stereocenters. The van der Waals surface area contributed by atoms with Crippen LogP contribution in [0.1, 0.15) is 66.9 Å². The summed E-state index contributed by atoms with van der Waals surface area (Å²) in [5, 5.41) is 28.3. The number of hydrogen-bond donors (Lipinski definition) is 3. The van der Waals surface area contributed by atoms with E-state index < -0.39 is 23.3 Å². The Morgan fingerprint density at radius 2 is 1.26 bits per heavy atom. The third kappa shape index (κ3) is 9.34. The van der Waals surface area contributed by atoms with Gasteiger partial charge in [-0.1, -0.05) is 105 Å². The first-order valence-electron chi connectivity index (χ1n) is 13.4. The number of hydrogen-bond acceptors (Lipinski definition) is 4. The monoisotopic (exact) mass is 534 g/mol. The number of carbonyl (C=O) groups is 2. The van der Waals surface area contributed by atoms with Gasteiger partial charge in [-0.15, -0.1) is 11.8 Å². The molecule has 0 fully saturated rings. The van der Waals surface area contributed by atoms with E-state index in [0.29, 0.717) is 5.56 Å². The number of aryl methyl sites for hydroxylation is 2. The van der Waals surface area contributed by atoms with Crippen LogP contribution in [0.2, 0.25) is 0 Å². The minimum atomic E-state index is -1.64. The molecule has 0 aliphatic carbocycles. The van der Waals surface area contributed by atoms with Gasteiger partial charge in [0.05, 0.1) is 11.7 Å². The van der Waals surface area contributed by atoms with Crippen molar-refractivity contribution in [2.45, 2.75) is 69.1 Å². The van der Waals surface area contributed by atoms with Gasteiger partial charge in [-0.2, -0.15) is 0 Å². The van der Waals surface area contributed by atoms with Crippen LogP contribution in [0.25, 0.3) is 11.1 Å². The fourth-order valence-corrected chi connectivity index (χ4v) is 5.97. The van der Waals surface area contributed by atoms with Crippen molar-refractivity contribution in [3.63, 3.8) is 0 Å². The highest BCUT2D eigenvalue weighted by molar-refractivity contribution is 7.99. The highest BCUT2D eigenvalue weighted by Gasteiger charge is 2.30. The van der Waals surface area contributed by atoms with E-state index in [2.05, 4.69) is 36.4 Å². The van der Waals surface area contributed by atoms with Crippen LogP contribution in [-0.4, -0.2) is 39.1 Å². The molecule has 202 valence electrons. The van der Waals surface area contributed by atoms with Gasteiger partial charge in [-0.05, 0) is 53.5 Å². The van der Waals surface area contributed by atoms with Crippen molar-refractivity contribution in [3.05, 3.63) is 95.6 Å². The lowest BCUT2D eigenvalue weighted by molar-refractivity contribution is -0.146. The molecule has 0 aromatic heterocycles. The lowest BCUT2D eigenvalue weighted by Gasteiger charge is -2.23. The first-order valence-corrected chi connectivity index (χ1v) is 14.5. The molecule has 3 aromatic carbocycles. The zero-order valence-corrected chi connectivity index (χ0v) is 22.6. The standard InChI is InChI=1S/C32H38O5S/c33-29(34)22-23-38-31(30(35)32(36)37)28-21-13-12-20-27(28)26-19-11-10-18-25(26)17-9-4-2-1-3-6-14-24-15-7-5-8-16-24/h5,7-8,10-13,15-16,18-21,30-31,35H,1-4,6,9,14,17,22-23H2,(H,33,34)(H,36,37). The molecule has 0 aliphatic rings. The Balaban J connectivity index is 1.61. The molecule has 3 aromatic rings. The molecule has 3 rings (SSSR count). The first kappa shape index (κ1) is 29.5. The SMILES string of the molecule is O=C(O)CCSC(c1ccccc1-c1ccccc1CCCCCCCCc1ccccc1)C(O)C(=O)O. The van der Waals surface area contributed by atoms with Crippen LogP contribution in [0.4, 0.5) is 0 Å². The lowest BCUT2D eigenvalue weighted by Crippen LogP contribution is -2.26. The topological polar surface area (TPSA) is 94.8 Å². The summed E-state index contributed by atoms with van der Waals surface area (Å²) in [5.41, 5.74) is 5.24.